The SMILES string of the molecule is CC.CC=N/C=C\C(C)(C)/C=C\C. The second-order valence-electron chi connectivity index (χ2n) is 3.04. The number of rotatable bonds is 3. The van der Waals surface area contributed by atoms with Crippen LogP contribution in [-0.4, -0.2) is 6.21 Å². The summed E-state index contributed by atoms with van der Waals surface area (Å²) in [4.78, 5) is 4.00. The Morgan fingerprint density at radius 3 is 1.92 bits per heavy atom. The fraction of sp³-hybridized carbons (Fsp3) is 0.583. The highest BCUT2D eigenvalue weighted by Gasteiger charge is 2.06. The van der Waals surface area contributed by atoms with E-state index in [9.17, 15) is 0 Å². The first-order chi connectivity index (χ1) is 6.12. The van der Waals surface area contributed by atoms with Gasteiger partial charge in [-0.3, -0.25) is 4.99 Å². The molecule has 0 radical (unpaired) electrons. The Kier molecular flexibility index (Phi) is 10.4. The Hall–Kier alpha value is -0.850. The van der Waals surface area contributed by atoms with Crippen LogP contribution in [0.4, 0.5) is 0 Å². The summed E-state index contributed by atoms with van der Waals surface area (Å²) in [5.41, 5.74) is 0.126. The molecular formula is C12H23N. The van der Waals surface area contributed by atoms with Crippen LogP contribution in [-0.2, 0) is 0 Å². The van der Waals surface area contributed by atoms with Gasteiger partial charge >= 0.3 is 0 Å². The van der Waals surface area contributed by atoms with E-state index in [4.69, 9.17) is 0 Å². The van der Waals surface area contributed by atoms with Crippen LogP contribution in [0.15, 0.2) is 29.4 Å². The quantitative estimate of drug-likeness (QED) is 0.456. The van der Waals surface area contributed by atoms with Crippen molar-refractivity contribution < 1.29 is 0 Å². The lowest BCUT2D eigenvalue weighted by Gasteiger charge is -2.12. The van der Waals surface area contributed by atoms with Crippen molar-refractivity contribution in [3.63, 3.8) is 0 Å². The Morgan fingerprint density at radius 1 is 1.00 bits per heavy atom. The van der Waals surface area contributed by atoms with Crippen molar-refractivity contribution in [3.05, 3.63) is 24.4 Å². The molecule has 0 aromatic carbocycles. The monoisotopic (exact) mass is 181 g/mol. The lowest BCUT2D eigenvalue weighted by molar-refractivity contribution is 0.623. The molecular weight excluding hydrogens is 158 g/mol. The second kappa shape index (κ2) is 9.24. The largest absolute Gasteiger partial charge is 0.270 e. The first-order valence-electron chi connectivity index (χ1n) is 4.92. The molecule has 0 atom stereocenters. The Labute approximate surface area is 83.3 Å². The van der Waals surface area contributed by atoms with E-state index in [1.807, 2.05) is 33.9 Å². The summed E-state index contributed by atoms with van der Waals surface area (Å²) in [6.45, 7) is 12.2. The van der Waals surface area contributed by atoms with Crippen molar-refractivity contribution >= 4 is 6.21 Å². The predicted octanol–water partition coefficient (Wildman–Crippen LogP) is 4.22. The smallest absolute Gasteiger partial charge is 0.0232 e. The molecule has 76 valence electrons. The van der Waals surface area contributed by atoms with Crippen LogP contribution >= 0.6 is 0 Å². The minimum Gasteiger partial charge on any atom is -0.270 e. The van der Waals surface area contributed by atoms with E-state index in [0.29, 0.717) is 0 Å². The van der Waals surface area contributed by atoms with Gasteiger partial charge < -0.3 is 0 Å². The van der Waals surface area contributed by atoms with E-state index < -0.39 is 0 Å². The molecule has 0 N–H and O–H groups in total. The number of hydrogen-bond donors (Lipinski definition) is 0. The molecule has 0 rings (SSSR count). The van der Waals surface area contributed by atoms with Crippen LogP contribution in [0.5, 0.6) is 0 Å². The standard InChI is InChI=1S/C10H17N.C2H6/c1-5-7-10(3,4)8-9-11-6-2;1-2/h5-9H,1-4H3;1-2H3/b7-5-,9-8-,11-6?;. The van der Waals surface area contributed by atoms with E-state index in [-0.39, 0.29) is 5.41 Å². The summed E-state index contributed by atoms with van der Waals surface area (Å²) in [6.07, 6.45) is 9.89. The second-order valence-corrected chi connectivity index (χ2v) is 3.04. The Bertz CT molecular complexity index is 174. The van der Waals surface area contributed by atoms with Crippen molar-refractivity contribution in [2.24, 2.45) is 10.4 Å². The van der Waals surface area contributed by atoms with Gasteiger partial charge in [0.1, 0.15) is 0 Å². The molecule has 0 spiro atoms. The summed E-state index contributed by atoms with van der Waals surface area (Å²) >= 11 is 0. The zero-order valence-corrected chi connectivity index (χ0v) is 9.83. The third-order valence-corrected chi connectivity index (χ3v) is 1.34. The third-order valence-electron chi connectivity index (χ3n) is 1.34. The lowest BCUT2D eigenvalue weighted by atomic mass is 9.93. The van der Waals surface area contributed by atoms with Gasteiger partial charge in [0.25, 0.3) is 0 Å². The van der Waals surface area contributed by atoms with Crippen LogP contribution in [0.2, 0.25) is 0 Å². The van der Waals surface area contributed by atoms with Gasteiger partial charge in [0.2, 0.25) is 0 Å². The molecule has 13 heavy (non-hydrogen) atoms. The maximum absolute atomic E-state index is 4.00. The fourth-order valence-electron chi connectivity index (χ4n) is 0.806. The van der Waals surface area contributed by atoms with Crippen LogP contribution in [0, 0.1) is 5.41 Å². The van der Waals surface area contributed by atoms with Crippen molar-refractivity contribution in [2.45, 2.75) is 41.5 Å². The van der Waals surface area contributed by atoms with Gasteiger partial charge in [-0.1, -0.05) is 45.9 Å². The van der Waals surface area contributed by atoms with Crippen molar-refractivity contribution in [2.75, 3.05) is 0 Å². The van der Waals surface area contributed by atoms with E-state index in [1.165, 1.54) is 0 Å². The highest BCUT2D eigenvalue weighted by atomic mass is 14.6. The number of hydrogen-bond acceptors (Lipinski definition) is 1. The molecule has 0 heterocycles. The summed E-state index contributed by atoms with van der Waals surface area (Å²) in [6, 6.07) is 0. The van der Waals surface area contributed by atoms with Gasteiger partial charge in [0.05, 0.1) is 0 Å². The van der Waals surface area contributed by atoms with Crippen LogP contribution in [0.1, 0.15) is 41.5 Å². The molecule has 1 heteroatoms. The highest BCUT2D eigenvalue weighted by Crippen LogP contribution is 2.18. The maximum atomic E-state index is 4.00. The Morgan fingerprint density at radius 2 is 1.54 bits per heavy atom. The average Bonchev–Trinajstić information content (AvgIpc) is 2.08. The predicted molar refractivity (Wildman–Crippen MR) is 63.2 cm³/mol. The number of aliphatic imine (C=N–C) groups is 1. The molecule has 0 aliphatic heterocycles. The summed E-state index contributed by atoms with van der Waals surface area (Å²) in [5.74, 6) is 0. The van der Waals surface area contributed by atoms with Gasteiger partial charge in [-0.25, -0.2) is 0 Å². The van der Waals surface area contributed by atoms with Crippen LogP contribution < -0.4 is 0 Å². The van der Waals surface area contributed by atoms with E-state index in [0.717, 1.165) is 0 Å². The van der Waals surface area contributed by atoms with Gasteiger partial charge in [0, 0.05) is 17.8 Å². The zero-order chi connectivity index (χ0) is 10.7. The molecule has 0 amide bonds. The molecule has 0 aliphatic carbocycles. The van der Waals surface area contributed by atoms with E-state index >= 15 is 0 Å². The van der Waals surface area contributed by atoms with Crippen LogP contribution in [0.25, 0.3) is 0 Å². The first kappa shape index (κ1) is 14.7. The van der Waals surface area contributed by atoms with E-state index in [2.05, 4.69) is 37.1 Å². The molecule has 0 aliphatic rings. The zero-order valence-electron chi connectivity index (χ0n) is 9.83. The minimum absolute atomic E-state index is 0.126. The molecule has 0 unspecified atom stereocenters. The molecule has 0 aromatic heterocycles. The summed E-state index contributed by atoms with van der Waals surface area (Å²) in [5, 5.41) is 0. The lowest BCUT2D eigenvalue weighted by Crippen LogP contribution is -2.00. The van der Waals surface area contributed by atoms with Gasteiger partial charge in [-0.2, -0.15) is 0 Å². The topological polar surface area (TPSA) is 12.4 Å². The first-order valence-corrected chi connectivity index (χ1v) is 4.92. The highest BCUT2D eigenvalue weighted by molar-refractivity contribution is 5.54. The van der Waals surface area contributed by atoms with Gasteiger partial charge in [-0.05, 0) is 13.8 Å². The number of nitrogens with zero attached hydrogens (tertiary/aromatic N) is 1. The van der Waals surface area contributed by atoms with Crippen molar-refractivity contribution in [1.29, 1.82) is 0 Å². The Balaban J connectivity index is 0. The van der Waals surface area contributed by atoms with Crippen molar-refractivity contribution in [1.82, 2.24) is 0 Å². The number of allylic oxidation sites excluding steroid dienone is 3. The molecule has 0 saturated carbocycles. The fourth-order valence-corrected chi connectivity index (χ4v) is 0.806. The van der Waals surface area contributed by atoms with E-state index in [1.54, 1.807) is 6.21 Å². The summed E-state index contributed by atoms with van der Waals surface area (Å²) < 4.78 is 0. The molecule has 0 fully saturated rings. The van der Waals surface area contributed by atoms with Crippen molar-refractivity contribution in [3.8, 4) is 0 Å². The average molecular weight is 181 g/mol. The normalized spacial score (nSPS) is 12.5. The van der Waals surface area contributed by atoms with Gasteiger partial charge in [0.15, 0.2) is 0 Å². The molecule has 0 saturated heterocycles. The minimum atomic E-state index is 0.126. The molecule has 0 aromatic rings. The molecule has 1 nitrogen and oxygen atoms in total. The van der Waals surface area contributed by atoms with Gasteiger partial charge in [-0.15, -0.1) is 0 Å². The summed E-state index contributed by atoms with van der Waals surface area (Å²) in [7, 11) is 0. The molecule has 0 bridgehead atoms. The maximum Gasteiger partial charge on any atom is 0.0232 e. The van der Waals surface area contributed by atoms with Crippen LogP contribution in [0.3, 0.4) is 0 Å². The third kappa shape index (κ3) is 11.1.